The summed E-state index contributed by atoms with van der Waals surface area (Å²) in [4.78, 5) is 14.1. The molecular weight excluding hydrogens is 218 g/mol. The summed E-state index contributed by atoms with van der Waals surface area (Å²) in [7, 11) is 0. The summed E-state index contributed by atoms with van der Waals surface area (Å²) in [5.74, 6) is -0.173. The molecule has 0 radical (unpaired) electrons. The van der Waals surface area contributed by atoms with Gasteiger partial charge in [0, 0.05) is 19.1 Å². The molecule has 3 unspecified atom stereocenters. The summed E-state index contributed by atoms with van der Waals surface area (Å²) in [6.07, 6.45) is 0. The van der Waals surface area contributed by atoms with Crippen molar-refractivity contribution in [1.29, 1.82) is 5.26 Å². The summed E-state index contributed by atoms with van der Waals surface area (Å²) < 4.78 is 5.28. The molecule has 3 atom stereocenters. The van der Waals surface area contributed by atoms with Gasteiger partial charge < -0.3 is 15.4 Å². The lowest BCUT2D eigenvalue weighted by Crippen LogP contribution is -2.52. The Bertz CT molecular complexity index is 326. The van der Waals surface area contributed by atoms with Crippen molar-refractivity contribution in [2.75, 3.05) is 26.3 Å². The molecule has 5 nitrogen and oxygen atoms in total. The van der Waals surface area contributed by atoms with E-state index >= 15 is 0 Å². The van der Waals surface area contributed by atoms with Crippen LogP contribution in [0.15, 0.2) is 0 Å². The standard InChI is InChI=1S/C12H21N3O2/c1-4-15(6-9(2)5-13)11(16)12(3)8-17-7-10(12)14/h9-10H,4,6-8,14H2,1-3H3. The van der Waals surface area contributed by atoms with Crippen molar-refractivity contribution in [2.24, 2.45) is 17.1 Å². The molecule has 5 heteroatoms. The number of nitrogens with two attached hydrogens (primary N) is 1. The average molecular weight is 239 g/mol. The first kappa shape index (κ1) is 13.9. The van der Waals surface area contributed by atoms with Gasteiger partial charge in [-0.2, -0.15) is 5.26 Å². The molecule has 0 aromatic carbocycles. The lowest BCUT2D eigenvalue weighted by Gasteiger charge is -2.33. The predicted octanol–water partition coefficient (Wildman–Crippen LogP) is 0.358. The molecule has 1 fully saturated rings. The quantitative estimate of drug-likeness (QED) is 0.768. The largest absolute Gasteiger partial charge is 0.379 e. The van der Waals surface area contributed by atoms with Crippen LogP contribution in [0.25, 0.3) is 0 Å². The van der Waals surface area contributed by atoms with Gasteiger partial charge in [0.25, 0.3) is 0 Å². The monoisotopic (exact) mass is 239 g/mol. The van der Waals surface area contributed by atoms with Gasteiger partial charge in [-0.15, -0.1) is 0 Å². The molecule has 0 saturated carbocycles. The van der Waals surface area contributed by atoms with Crippen LogP contribution in [-0.2, 0) is 9.53 Å². The highest BCUT2D eigenvalue weighted by Crippen LogP contribution is 2.29. The Labute approximate surface area is 103 Å². The van der Waals surface area contributed by atoms with E-state index in [2.05, 4.69) is 6.07 Å². The van der Waals surface area contributed by atoms with Crippen LogP contribution in [-0.4, -0.2) is 43.2 Å². The van der Waals surface area contributed by atoms with Crippen molar-refractivity contribution < 1.29 is 9.53 Å². The van der Waals surface area contributed by atoms with Gasteiger partial charge in [-0.3, -0.25) is 4.79 Å². The summed E-state index contributed by atoms with van der Waals surface area (Å²) >= 11 is 0. The van der Waals surface area contributed by atoms with Gasteiger partial charge in [0.15, 0.2) is 0 Å². The van der Waals surface area contributed by atoms with Crippen LogP contribution in [0.3, 0.4) is 0 Å². The van der Waals surface area contributed by atoms with Gasteiger partial charge in [0.2, 0.25) is 5.91 Å². The minimum atomic E-state index is -0.648. The topological polar surface area (TPSA) is 79.3 Å². The first-order valence-corrected chi connectivity index (χ1v) is 5.98. The number of amides is 1. The van der Waals surface area contributed by atoms with E-state index in [9.17, 15) is 4.79 Å². The Morgan fingerprint density at radius 3 is 2.82 bits per heavy atom. The fourth-order valence-electron chi connectivity index (χ4n) is 2.00. The third-order valence-corrected chi connectivity index (χ3v) is 3.39. The molecule has 1 aliphatic rings. The van der Waals surface area contributed by atoms with Gasteiger partial charge in [0.1, 0.15) is 0 Å². The molecular formula is C12H21N3O2. The molecule has 0 aromatic rings. The second kappa shape index (κ2) is 5.48. The van der Waals surface area contributed by atoms with Crippen molar-refractivity contribution in [3.8, 4) is 6.07 Å². The lowest BCUT2D eigenvalue weighted by molar-refractivity contribution is -0.142. The maximum atomic E-state index is 12.4. The zero-order valence-electron chi connectivity index (χ0n) is 10.8. The summed E-state index contributed by atoms with van der Waals surface area (Å²) in [5.41, 5.74) is 5.28. The van der Waals surface area contributed by atoms with E-state index < -0.39 is 5.41 Å². The summed E-state index contributed by atoms with van der Waals surface area (Å²) in [6.45, 7) is 7.39. The molecule has 0 bridgehead atoms. The fourth-order valence-corrected chi connectivity index (χ4v) is 2.00. The number of carbonyl (C=O) groups excluding carboxylic acids is 1. The molecule has 1 heterocycles. The highest BCUT2D eigenvalue weighted by Gasteiger charge is 2.46. The van der Waals surface area contributed by atoms with Crippen molar-refractivity contribution >= 4 is 5.91 Å². The van der Waals surface area contributed by atoms with Crippen molar-refractivity contribution in [1.82, 2.24) is 4.90 Å². The van der Waals surface area contributed by atoms with Crippen LogP contribution in [0.4, 0.5) is 0 Å². The molecule has 17 heavy (non-hydrogen) atoms. The van der Waals surface area contributed by atoms with Gasteiger partial charge in [-0.1, -0.05) is 0 Å². The number of nitrogens with zero attached hydrogens (tertiary/aromatic N) is 2. The van der Waals surface area contributed by atoms with Crippen LogP contribution in [0, 0.1) is 22.7 Å². The van der Waals surface area contributed by atoms with E-state index in [1.54, 1.807) is 4.90 Å². The van der Waals surface area contributed by atoms with Crippen LogP contribution < -0.4 is 5.73 Å². The van der Waals surface area contributed by atoms with E-state index in [0.29, 0.717) is 26.3 Å². The lowest BCUT2D eigenvalue weighted by atomic mass is 9.84. The maximum Gasteiger partial charge on any atom is 0.232 e. The minimum absolute atomic E-state index is 0.00731. The second-order valence-corrected chi connectivity index (χ2v) is 4.91. The summed E-state index contributed by atoms with van der Waals surface area (Å²) in [5, 5.41) is 8.81. The average Bonchev–Trinajstić information content (AvgIpc) is 2.66. The SMILES string of the molecule is CCN(CC(C)C#N)C(=O)C1(C)COCC1N. The summed E-state index contributed by atoms with van der Waals surface area (Å²) in [6, 6.07) is 1.88. The highest BCUT2D eigenvalue weighted by molar-refractivity contribution is 5.83. The Balaban J connectivity index is 2.76. The zero-order valence-corrected chi connectivity index (χ0v) is 10.8. The van der Waals surface area contributed by atoms with E-state index in [-0.39, 0.29) is 17.9 Å². The first-order chi connectivity index (χ1) is 7.95. The minimum Gasteiger partial charge on any atom is -0.379 e. The third kappa shape index (κ3) is 2.76. The van der Waals surface area contributed by atoms with Crippen LogP contribution in [0.5, 0.6) is 0 Å². The van der Waals surface area contributed by atoms with E-state index in [0.717, 1.165) is 0 Å². The zero-order chi connectivity index (χ0) is 13.1. The number of hydrogen-bond donors (Lipinski definition) is 1. The van der Waals surface area contributed by atoms with Crippen LogP contribution in [0.2, 0.25) is 0 Å². The molecule has 2 N–H and O–H groups in total. The molecule has 0 aliphatic carbocycles. The number of ether oxygens (including phenoxy) is 1. The first-order valence-electron chi connectivity index (χ1n) is 5.98. The van der Waals surface area contributed by atoms with E-state index in [1.165, 1.54) is 0 Å². The van der Waals surface area contributed by atoms with Crippen LogP contribution >= 0.6 is 0 Å². The Morgan fingerprint density at radius 1 is 1.76 bits per heavy atom. The van der Waals surface area contributed by atoms with Gasteiger partial charge in [0.05, 0.1) is 30.6 Å². The van der Waals surface area contributed by atoms with Crippen molar-refractivity contribution in [3.63, 3.8) is 0 Å². The predicted molar refractivity (Wildman–Crippen MR) is 63.9 cm³/mol. The normalized spacial score (nSPS) is 29.7. The molecule has 1 amide bonds. The van der Waals surface area contributed by atoms with Crippen molar-refractivity contribution in [3.05, 3.63) is 0 Å². The Kier molecular flexibility index (Phi) is 4.49. The number of nitriles is 1. The number of hydrogen-bond acceptors (Lipinski definition) is 4. The third-order valence-electron chi connectivity index (χ3n) is 3.39. The molecule has 0 spiro atoms. The van der Waals surface area contributed by atoms with Crippen LogP contribution in [0.1, 0.15) is 20.8 Å². The second-order valence-electron chi connectivity index (χ2n) is 4.91. The smallest absolute Gasteiger partial charge is 0.232 e. The Hall–Kier alpha value is -1.12. The van der Waals surface area contributed by atoms with E-state index in [4.69, 9.17) is 15.7 Å². The molecule has 1 aliphatic heterocycles. The number of rotatable bonds is 4. The molecule has 1 saturated heterocycles. The Morgan fingerprint density at radius 2 is 2.41 bits per heavy atom. The highest BCUT2D eigenvalue weighted by atomic mass is 16.5. The van der Waals surface area contributed by atoms with Crippen molar-refractivity contribution in [2.45, 2.75) is 26.8 Å². The van der Waals surface area contributed by atoms with Gasteiger partial charge >= 0.3 is 0 Å². The molecule has 96 valence electrons. The molecule has 0 aromatic heterocycles. The maximum absolute atomic E-state index is 12.4. The number of carbonyl (C=O) groups is 1. The molecule has 1 rings (SSSR count). The van der Waals surface area contributed by atoms with Gasteiger partial charge in [-0.25, -0.2) is 0 Å². The fraction of sp³-hybridized carbons (Fsp3) is 0.833. The van der Waals surface area contributed by atoms with E-state index in [1.807, 2.05) is 20.8 Å². The van der Waals surface area contributed by atoms with Gasteiger partial charge in [-0.05, 0) is 20.8 Å².